The monoisotopic (exact) mass is 324 g/mol. The van der Waals surface area contributed by atoms with Gasteiger partial charge in [-0.3, -0.25) is 9.36 Å². The standard InChI is InChI=1S/C18H20N4O2/c1-12-6-7-15(13(2)10-12)20-8-9-21-16(17(20)23)19-22(18(21)24)11-14-4-3-5-14/h6-10,14H,3-5,11H2,1-2H3. The lowest BCUT2D eigenvalue weighted by Crippen LogP contribution is -2.28. The Morgan fingerprint density at radius 3 is 2.62 bits per heavy atom. The van der Waals surface area contributed by atoms with Crippen LogP contribution < -0.4 is 11.2 Å². The molecular formula is C18H20N4O2. The number of fused-ring (bicyclic) bond motifs is 1. The molecule has 1 aliphatic rings. The predicted octanol–water partition coefficient (Wildman–Crippen LogP) is 2.06. The van der Waals surface area contributed by atoms with Gasteiger partial charge in [-0.15, -0.1) is 5.10 Å². The molecule has 124 valence electrons. The van der Waals surface area contributed by atoms with Gasteiger partial charge in [0.05, 0.1) is 5.69 Å². The van der Waals surface area contributed by atoms with E-state index in [1.165, 1.54) is 15.5 Å². The summed E-state index contributed by atoms with van der Waals surface area (Å²) in [4.78, 5) is 25.3. The Morgan fingerprint density at radius 2 is 1.96 bits per heavy atom. The predicted molar refractivity (Wildman–Crippen MR) is 91.9 cm³/mol. The molecule has 0 radical (unpaired) electrons. The smallest absolute Gasteiger partial charge is 0.279 e. The van der Waals surface area contributed by atoms with Crippen molar-refractivity contribution in [2.75, 3.05) is 0 Å². The van der Waals surface area contributed by atoms with Gasteiger partial charge in [0.1, 0.15) is 0 Å². The molecule has 0 bridgehead atoms. The summed E-state index contributed by atoms with van der Waals surface area (Å²) >= 11 is 0. The Hall–Kier alpha value is -2.63. The van der Waals surface area contributed by atoms with Gasteiger partial charge in [0.25, 0.3) is 0 Å². The third kappa shape index (κ3) is 2.29. The SMILES string of the molecule is Cc1ccc(-n2ccn3c(=O)n(CC4CCC4)nc3c2=O)c(C)c1. The zero-order valence-corrected chi connectivity index (χ0v) is 13.9. The highest BCUT2D eigenvalue weighted by molar-refractivity contribution is 5.45. The van der Waals surface area contributed by atoms with Crippen molar-refractivity contribution in [3.05, 3.63) is 62.6 Å². The van der Waals surface area contributed by atoms with Crippen molar-refractivity contribution in [1.82, 2.24) is 18.7 Å². The van der Waals surface area contributed by atoms with Gasteiger partial charge in [-0.2, -0.15) is 0 Å². The normalized spacial score (nSPS) is 14.9. The van der Waals surface area contributed by atoms with Gasteiger partial charge in [0, 0.05) is 18.9 Å². The quantitative estimate of drug-likeness (QED) is 0.741. The molecule has 2 heterocycles. The van der Waals surface area contributed by atoms with Crippen LogP contribution in [0.25, 0.3) is 11.3 Å². The Kier molecular flexibility index (Phi) is 3.40. The fourth-order valence-electron chi connectivity index (χ4n) is 3.31. The van der Waals surface area contributed by atoms with Crippen molar-refractivity contribution in [1.29, 1.82) is 0 Å². The number of hydrogen-bond donors (Lipinski definition) is 0. The number of rotatable bonds is 3. The van der Waals surface area contributed by atoms with Crippen LogP contribution in [0.3, 0.4) is 0 Å². The van der Waals surface area contributed by atoms with E-state index < -0.39 is 0 Å². The summed E-state index contributed by atoms with van der Waals surface area (Å²) in [6, 6.07) is 5.93. The Labute approximate surface area is 139 Å². The van der Waals surface area contributed by atoms with Crippen LogP contribution in [-0.4, -0.2) is 18.7 Å². The fraction of sp³-hybridized carbons (Fsp3) is 0.389. The molecule has 1 aromatic carbocycles. The lowest BCUT2D eigenvalue weighted by atomic mass is 9.86. The van der Waals surface area contributed by atoms with E-state index in [0.717, 1.165) is 29.7 Å². The summed E-state index contributed by atoms with van der Waals surface area (Å²) in [6.45, 7) is 4.59. The van der Waals surface area contributed by atoms with E-state index in [2.05, 4.69) is 5.10 Å². The van der Waals surface area contributed by atoms with Crippen molar-refractivity contribution in [3.8, 4) is 5.69 Å². The summed E-state index contributed by atoms with van der Waals surface area (Å²) in [5.74, 6) is 0.509. The summed E-state index contributed by atoms with van der Waals surface area (Å²) in [6.07, 6.45) is 6.75. The third-order valence-corrected chi connectivity index (χ3v) is 4.91. The molecule has 1 aliphatic carbocycles. The molecule has 0 saturated heterocycles. The molecule has 4 rings (SSSR count). The summed E-state index contributed by atoms with van der Waals surface area (Å²) in [5.41, 5.74) is 2.65. The van der Waals surface area contributed by atoms with Crippen molar-refractivity contribution < 1.29 is 0 Å². The molecule has 2 aromatic heterocycles. The van der Waals surface area contributed by atoms with Crippen LogP contribution in [0.5, 0.6) is 0 Å². The van der Waals surface area contributed by atoms with E-state index in [-0.39, 0.29) is 16.9 Å². The molecule has 0 N–H and O–H groups in total. The molecule has 0 aliphatic heterocycles. The number of aromatic nitrogens is 4. The highest BCUT2D eigenvalue weighted by Gasteiger charge is 2.21. The van der Waals surface area contributed by atoms with Gasteiger partial charge in [0.15, 0.2) is 0 Å². The lowest BCUT2D eigenvalue weighted by molar-refractivity contribution is 0.263. The zero-order valence-electron chi connectivity index (χ0n) is 13.9. The highest BCUT2D eigenvalue weighted by Crippen LogP contribution is 2.27. The summed E-state index contributed by atoms with van der Waals surface area (Å²) < 4.78 is 4.35. The second-order valence-corrected chi connectivity index (χ2v) is 6.72. The minimum absolute atomic E-state index is 0.182. The lowest BCUT2D eigenvalue weighted by Gasteiger charge is -2.24. The van der Waals surface area contributed by atoms with Gasteiger partial charge in [-0.25, -0.2) is 13.9 Å². The van der Waals surface area contributed by atoms with Gasteiger partial charge in [-0.1, -0.05) is 24.1 Å². The molecule has 1 fully saturated rings. The van der Waals surface area contributed by atoms with Crippen LogP contribution >= 0.6 is 0 Å². The largest absolute Gasteiger partial charge is 0.350 e. The molecule has 0 atom stereocenters. The first-order chi connectivity index (χ1) is 11.5. The van der Waals surface area contributed by atoms with Crippen molar-refractivity contribution in [2.24, 2.45) is 5.92 Å². The van der Waals surface area contributed by atoms with E-state index in [4.69, 9.17) is 0 Å². The molecule has 0 spiro atoms. The minimum atomic E-state index is -0.270. The van der Waals surface area contributed by atoms with E-state index in [0.29, 0.717) is 12.5 Å². The van der Waals surface area contributed by atoms with Crippen LogP contribution in [-0.2, 0) is 6.54 Å². The molecule has 6 nitrogen and oxygen atoms in total. The first kappa shape index (κ1) is 14.9. The minimum Gasteiger partial charge on any atom is -0.279 e. The molecule has 3 aromatic rings. The van der Waals surface area contributed by atoms with Crippen LogP contribution in [0.15, 0.2) is 40.2 Å². The van der Waals surface area contributed by atoms with E-state index >= 15 is 0 Å². The van der Waals surface area contributed by atoms with Crippen LogP contribution in [0, 0.1) is 19.8 Å². The number of nitrogens with zero attached hydrogens (tertiary/aromatic N) is 4. The molecule has 24 heavy (non-hydrogen) atoms. The first-order valence-electron chi connectivity index (χ1n) is 8.33. The van der Waals surface area contributed by atoms with E-state index in [1.54, 1.807) is 17.0 Å². The van der Waals surface area contributed by atoms with E-state index in [1.807, 2.05) is 32.0 Å². The van der Waals surface area contributed by atoms with Crippen LogP contribution in [0.4, 0.5) is 0 Å². The molecule has 0 amide bonds. The van der Waals surface area contributed by atoms with Crippen molar-refractivity contribution in [2.45, 2.75) is 39.7 Å². The zero-order chi connectivity index (χ0) is 16.8. The Balaban J connectivity index is 1.85. The maximum absolute atomic E-state index is 12.8. The second kappa shape index (κ2) is 5.47. The van der Waals surface area contributed by atoms with Gasteiger partial charge in [0.2, 0.25) is 5.65 Å². The number of aryl methyl sites for hydroxylation is 2. The third-order valence-electron chi connectivity index (χ3n) is 4.91. The maximum atomic E-state index is 12.8. The second-order valence-electron chi connectivity index (χ2n) is 6.72. The van der Waals surface area contributed by atoms with Gasteiger partial charge < -0.3 is 0 Å². The van der Waals surface area contributed by atoms with Crippen LogP contribution in [0.2, 0.25) is 0 Å². The van der Waals surface area contributed by atoms with Gasteiger partial charge in [-0.05, 0) is 44.2 Å². The highest BCUT2D eigenvalue weighted by atomic mass is 16.2. The molecule has 1 saturated carbocycles. The van der Waals surface area contributed by atoms with Crippen LogP contribution in [0.1, 0.15) is 30.4 Å². The van der Waals surface area contributed by atoms with Gasteiger partial charge >= 0.3 is 11.2 Å². The number of hydrogen-bond acceptors (Lipinski definition) is 3. The first-order valence-corrected chi connectivity index (χ1v) is 8.33. The van der Waals surface area contributed by atoms with Crippen molar-refractivity contribution >= 4 is 5.65 Å². The Bertz CT molecular complexity index is 1040. The summed E-state index contributed by atoms with van der Waals surface area (Å²) in [7, 11) is 0. The maximum Gasteiger partial charge on any atom is 0.350 e. The molecular weight excluding hydrogens is 304 g/mol. The number of benzene rings is 1. The Morgan fingerprint density at radius 1 is 1.17 bits per heavy atom. The fourth-order valence-corrected chi connectivity index (χ4v) is 3.31. The van der Waals surface area contributed by atoms with E-state index in [9.17, 15) is 9.59 Å². The average Bonchev–Trinajstić information content (AvgIpc) is 2.82. The van der Waals surface area contributed by atoms with Crippen molar-refractivity contribution in [3.63, 3.8) is 0 Å². The summed E-state index contributed by atoms with van der Waals surface area (Å²) in [5, 5.41) is 4.30. The molecule has 6 heteroatoms. The topological polar surface area (TPSA) is 61.3 Å². The average molecular weight is 324 g/mol. The molecule has 0 unspecified atom stereocenters.